The van der Waals surface area contributed by atoms with E-state index in [2.05, 4.69) is 31.2 Å². The standard InChI is InChI=1S/C17H20F3N3O2/c1-16(2,3)12-4-6-14(7-5-12)25-10-15(24)22-13-8-21-23(9-13)11-17(18,19)20/h4-9H,10-11H2,1-3H3,(H,22,24). The molecule has 0 spiro atoms. The summed E-state index contributed by atoms with van der Waals surface area (Å²) in [4.78, 5) is 11.8. The van der Waals surface area contributed by atoms with Crippen molar-refractivity contribution in [1.29, 1.82) is 0 Å². The summed E-state index contributed by atoms with van der Waals surface area (Å²) in [6, 6.07) is 7.40. The van der Waals surface area contributed by atoms with Crippen molar-refractivity contribution in [2.75, 3.05) is 11.9 Å². The molecule has 0 radical (unpaired) electrons. The van der Waals surface area contributed by atoms with Crippen molar-refractivity contribution >= 4 is 11.6 Å². The zero-order valence-electron chi connectivity index (χ0n) is 14.2. The molecule has 2 aromatic rings. The first kappa shape index (κ1) is 18.8. The number of nitrogens with one attached hydrogen (secondary N) is 1. The molecule has 0 bridgehead atoms. The number of aromatic nitrogens is 2. The highest BCUT2D eigenvalue weighted by Gasteiger charge is 2.28. The van der Waals surface area contributed by atoms with Crippen LogP contribution >= 0.6 is 0 Å². The minimum absolute atomic E-state index is 0.0203. The van der Waals surface area contributed by atoms with Crippen LogP contribution in [0.1, 0.15) is 26.3 Å². The fourth-order valence-electron chi connectivity index (χ4n) is 2.10. The van der Waals surface area contributed by atoms with Crippen molar-refractivity contribution in [3.05, 3.63) is 42.2 Å². The van der Waals surface area contributed by atoms with Crippen LogP contribution in [-0.2, 0) is 16.8 Å². The van der Waals surface area contributed by atoms with Gasteiger partial charge >= 0.3 is 6.18 Å². The molecule has 136 valence electrons. The molecule has 1 aromatic heterocycles. The Morgan fingerprint density at radius 1 is 1.20 bits per heavy atom. The van der Waals surface area contributed by atoms with Crippen molar-refractivity contribution in [1.82, 2.24) is 9.78 Å². The van der Waals surface area contributed by atoms with Crippen LogP contribution < -0.4 is 10.1 Å². The predicted molar refractivity (Wildman–Crippen MR) is 87.5 cm³/mol. The number of halogens is 3. The molecule has 25 heavy (non-hydrogen) atoms. The van der Waals surface area contributed by atoms with E-state index in [9.17, 15) is 18.0 Å². The lowest BCUT2D eigenvalue weighted by Gasteiger charge is -2.19. The Balaban J connectivity index is 1.85. The molecule has 0 unspecified atom stereocenters. The van der Waals surface area contributed by atoms with E-state index in [0.717, 1.165) is 18.0 Å². The Morgan fingerprint density at radius 2 is 1.84 bits per heavy atom. The molecule has 1 aromatic carbocycles. The van der Waals surface area contributed by atoms with Crippen LogP contribution in [0.2, 0.25) is 0 Å². The monoisotopic (exact) mass is 355 g/mol. The second-order valence-corrected chi connectivity index (χ2v) is 6.65. The van der Waals surface area contributed by atoms with Crippen LogP contribution in [0, 0.1) is 0 Å². The van der Waals surface area contributed by atoms with Gasteiger partial charge in [-0.2, -0.15) is 18.3 Å². The molecule has 1 heterocycles. The van der Waals surface area contributed by atoms with Gasteiger partial charge in [0, 0.05) is 6.20 Å². The summed E-state index contributed by atoms with van der Waals surface area (Å²) in [5.41, 5.74) is 1.34. The topological polar surface area (TPSA) is 56.1 Å². The summed E-state index contributed by atoms with van der Waals surface area (Å²) in [5, 5.41) is 5.99. The van der Waals surface area contributed by atoms with Gasteiger partial charge in [-0.25, -0.2) is 0 Å². The van der Waals surface area contributed by atoms with Crippen molar-refractivity contribution in [3.63, 3.8) is 0 Å². The Morgan fingerprint density at radius 3 is 2.40 bits per heavy atom. The highest BCUT2D eigenvalue weighted by molar-refractivity contribution is 5.91. The quantitative estimate of drug-likeness (QED) is 0.888. The lowest BCUT2D eigenvalue weighted by Crippen LogP contribution is -2.20. The van der Waals surface area contributed by atoms with Crippen LogP contribution in [0.3, 0.4) is 0 Å². The second-order valence-electron chi connectivity index (χ2n) is 6.65. The molecule has 1 amide bonds. The van der Waals surface area contributed by atoms with Gasteiger partial charge in [-0.05, 0) is 23.1 Å². The lowest BCUT2D eigenvalue weighted by molar-refractivity contribution is -0.142. The fraction of sp³-hybridized carbons (Fsp3) is 0.412. The number of nitrogens with zero attached hydrogens (tertiary/aromatic N) is 2. The molecule has 0 atom stereocenters. The fourth-order valence-corrected chi connectivity index (χ4v) is 2.10. The number of carbonyl (C=O) groups excluding carboxylic acids is 1. The molecule has 1 N–H and O–H groups in total. The third-order valence-electron chi connectivity index (χ3n) is 3.35. The van der Waals surface area contributed by atoms with Gasteiger partial charge in [-0.3, -0.25) is 9.48 Å². The summed E-state index contributed by atoms with van der Waals surface area (Å²) in [7, 11) is 0. The van der Waals surface area contributed by atoms with E-state index >= 15 is 0 Å². The maximum atomic E-state index is 12.3. The molecular formula is C17H20F3N3O2. The minimum Gasteiger partial charge on any atom is -0.484 e. The average molecular weight is 355 g/mol. The third kappa shape index (κ3) is 6.13. The smallest absolute Gasteiger partial charge is 0.408 e. The van der Waals surface area contributed by atoms with Crippen LogP contribution in [-0.4, -0.2) is 28.5 Å². The van der Waals surface area contributed by atoms with E-state index in [1.807, 2.05) is 12.1 Å². The molecule has 0 fully saturated rings. The number of anilines is 1. The van der Waals surface area contributed by atoms with Crippen molar-refractivity contribution < 1.29 is 22.7 Å². The van der Waals surface area contributed by atoms with Gasteiger partial charge < -0.3 is 10.1 Å². The highest BCUT2D eigenvalue weighted by Crippen LogP contribution is 2.24. The number of rotatable bonds is 5. The van der Waals surface area contributed by atoms with Crippen LogP contribution in [0.4, 0.5) is 18.9 Å². The van der Waals surface area contributed by atoms with Gasteiger partial charge in [-0.1, -0.05) is 32.9 Å². The number of hydrogen-bond donors (Lipinski definition) is 1. The van der Waals surface area contributed by atoms with E-state index in [4.69, 9.17) is 4.74 Å². The van der Waals surface area contributed by atoms with Gasteiger partial charge in [0.25, 0.3) is 5.91 Å². The molecule has 0 aliphatic rings. The predicted octanol–water partition coefficient (Wildman–Crippen LogP) is 3.76. The molecule has 0 saturated heterocycles. The largest absolute Gasteiger partial charge is 0.484 e. The molecule has 0 aliphatic carbocycles. The third-order valence-corrected chi connectivity index (χ3v) is 3.35. The number of alkyl halides is 3. The van der Waals surface area contributed by atoms with Crippen LogP contribution in [0.25, 0.3) is 0 Å². The number of carbonyl (C=O) groups is 1. The average Bonchev–Trinajstić information content (AvgIpc) is 2.89. The maximum absolute atomic E-state index is 12.3. The first-order valence-electron chi connectivity index (χ1n) is 7.65. The molecule has 5 nitrogen and oxygen atoms in total. The number of benzene rings is 1. The minimum atomic E-state index is -4.37. The zero-order chi connectivity index (χ0) is 18.7. The van der Waals surface area contributed by atoms with Crippen LogP contribution in [0.5, 0.6) is 5.75 Å². The van der Waals surface area contributed by atoms with E-state index in [-0.39, 0.29) is 17.7 Å². The molecule has 0 saturated carbocycles. The number of ether oxygens (including phenoxy) is 1. The molecule has 0 aliphatic heterocycles. The SMILES string of the molecule is CC(C)(C)c1ccc(OCC(=O)Nc2cnn(CC(F)(F)F)c2)cc1. The molecular weight excluding hydrogens is 335 g/mol. The van der Waals surface area contributed by atoms with E-state index in [0.29, 0.717) is 10.4 Å². The Labute approximate surface area is 143 Å². The Hall–Kier alpha value is -2.51. The summed E-state index contributed by atoms with van der Waals surface area (Å²) in [5.74, 6) is 0.0578. The Bertz CT molecular complexity index is 716. The lowest BCUT2D eigenvalue weighted by atomic mass is 9.87. The number of hydrogen-bond acceptors (Lipinski definition) is 3. The van der Waals surface area contributed by atoms with E-state index in [1.165, 1.54) is 0 Å². The molecule has 8 heteroatoms. The summed E-state index contributed by atoms with van der Waals surface area (Å²) >= 11 is 0. The van der Waals surface area contributed by atoms with Gasteiger partial charge in [0.2, 0.25) is 0 Å². The first-order valence-corrected chi connectivity index (χ1v) is 7.65. The number of amides is 1. The maximum Gasteiger partial charge on any atom is 0.408 e. The van der Waals surface area contributed by atoms with Crippen molar-refractivity contribution in [2.24, 2.45) is 0 Å². The summed E-state index contributed by atoms with van der Waals surface area (Å²) in [6.07, 6.45) is -2.10. The summed E-state index contributed by atoms with van der Waals surface area (Å²) < 4.78 is 42.9. The van der Waals surface area contributed by atoms with Gasteiger partial charge in [0.05, 0.1) is 11.9 Å². The first-order chi connectivity index (χ1) is 11.5. The zero-order valence-corrected chi connectivity index (χ0v) is 14.2. The van der Waals surface area contributed by atoms with E-state index in [1.54, 1.807) is 12.1 Å². The normalized spacial score (nSPS) is 12.1. The second kappa shape index (κ2) is 7.16. The van der Waals surface area contributed by atoms with E-state index < -0.39 is 18.6 Å². The van der Waals surface area contributed by atoms with Gasteiger partial charge in [-0.15, -0.1) is 0 Å². The summed E-state index contributed by atoms with van der Waals surface area (Å²) in [6.45, 7) is 4.82. The van der Waals surface area contributed by atoms with Crippen molar-refractivity contribution in [3.8, 4) is 5.75 Å². The Kier molecular flexibility index (Phi) is 5.39. The van der Waals surface area contributed by atoms with Crippen molar-refractivity contribution in [2.45, 2.75) is 38.9 Å². The molecule has 2 rings (SSSR count). The van der Waals surface area contributed by atoms with Gasteiger partial charge in [0.15, 0.2) is 6.61 Å². The van der Waals surface area contributed by atoms with Gasteiger partial charge in [0.1, 0.15) is 12.3 Å². The highest BCUT2D eigenvalue weighted by atomic mass is 19.4. The van der Waals surface area contributed by atoms with Crippen LogP contribution in [0.15, 0.2) is 36.7 Å².